The molecule has 0 radical (unpaired) electrons. The summed E-state index contributed by atoms with van der Waals surface area (Å²) in [5, 5.41) is 13.0. The summed E-state index contributed by atoms with van der Waals surface area (Å²) in [5.74, 6) is 0.317. The third-order valence-corrected chi connectivity index (χ3v) is 6.08. The van der Waals surface area contributed by atoms with Gasteiger partial charge < -0.3 is 19.9 Å². The third-order valence-electron chi connectivity index (χ3n) is 6.08. The minimum atomic E-state index is -5.09. The van der Waals surface area contributed by atoms with Crippen LogP contribution in [-0.2, 0) is 6.42 Å². The summed E-state index contributed by atoms with van der Waals surface area (Å²) in [7, 11) is 0. The predicted octanol–water partition coefficient (Wildman–Crippen LogP) is 6.83. The van der Waals surface area contributed by atoms with Crippen LogP contribution < -0.4 is 14.8 Å². The van der Waals surface area contributed by atoms with Gasteiger partial charge in [-0.1, -0.05) is 31.4 Å². The van der Waals surface area contributed by atoms with Crippen molar-refractivity contribution in [3.05, 3.63) is 54.1 Å². The number of alkyl halides is 7. The van der Waals surface area contributed by atoms with Gasteiger partial charge in [-0.15, -0.1) is 0 Å². The highest BCUT2D eigenvalue weighted by molar-refractivity contribution is 5.47. The highest BCUT2D eigenvalue weighted by Gasteiger charge is 2.53. The van der Waals surface area contributed by atoms with Gasteiger partial charge in [0.1, 0.15) is 11.5 Å². The zero-order chi connectivity index (χ0) is 26.4. The van der Waals surface area contributed by atoms with Crippen LogP contribution in [0.25, 0.3) is 0 Å². The molecule has 11 heteroatoms. The maximum absolute atomic E-state index is 13.8. The van der Waals surface area contributed by atoms with E-state index in [1.54, 1.807) is 12.1 Å². The van der Waals surface area contributed by atoms with Crippen molar-refractivity contribution in [3.63, 3.8) is 0 Å². The second kappa shape index (κ2) is 11.6. The van der Waals surface area contributed by atoms with Crippen molar-refractivity contribution < 1.29 is 45.3 Å². The molecule has 1 aliphatic rings. The molecule has 200 valence electrons. The summed E-state index contributed by atoms with van der Waals surface area (Å²) >= 11 is 0. The van der Waals surface area contributed by atoms with Crippen molar-refractivity contribution in [2.45, 2.75) is 62.8 Å². The average Bonchev–Trinajstić information content (AvgIpc) is 2.82. The Morgan fingerprint density at radius 3 is 2.19 bits per heavy atom. The monoisotopic (exact) mass is 523 g/mol. The van der Waals surface area contributed by atoms with Crippen LogP contribution in [0.3, 0.4) is 0 Å². The summed E-state index contributed by atoms with van der Waals surface area (Å²) in [6, 6.07) is 10.1. The van der Waals surface area contributed by atoms with Gasteiger partial charge in [0.25, 0.3) is 0 Å². The van der Waals surface area contributed by atoms with Crippen molar-refractivity contribution in [3.8, 4) is 11.5 Å². The van der Waals surface area contributed by atoms with Crippen LogP contribution in [0.1, 0.15) is 37.7 Å². The van der Waals surface area contributed by atoms with Crippen molar-refractivity contribution in [2.24, 2.45) is 5.92 Å². The van der Waals surface area contributed by atoms with Crippen molar-refractivity contribution in [2.75, 3.05) is 18.5 Å². The number of ether oxygens (including phenoxy) is 2. The number of benzene rings is 2. The minimum Gasteiger partial charge on any atom is -0.493 e. The number of aliphatic hydroxyl groups is 1. The van der Waals surface area contributed by atoms with E-state index in [-0.39, 0.29) is 5.56 Å². The highest BCUT2D eigenvalue weighted by atomic mass is 19.4. The first kappa shape index (κ1) is 27.9. The van der Waals surface area contributed by atoms with E-state index in [9.17, 15) is 35.8 Å². The molecule has 0 spiro atoms. The number of halogens is 7. The van der Waals surface area contributed by atoms with Crippen LogP contribution in [-0.4, -0.2) is 42.6 Å². The molecular formula is C25H28F7NO3. The number of anilines is 1. The van der Waals surface area contributed by atoms with E-state index in [0.29, 0.717) is 24.0 Å². The lowest BCUT2D eigenvalue weighted by Gasteiger charge is -2.31. The predicted molar refractivity (Wildman–Crippen MR) is 120 cm³/mol. The van der Waals surface area contributed by atoms with Gasteiger partial charge in [0.05, 0.1) is 13.2 Å². The molecule has 2 N–H and O–H groups in total. The van der Waals surface area contributed by atoms with Gasteiger partial charge in [-0.05, 0) is 60.7 Å². The van der Waals surface area contributed by atoms with Gasteiger partial charge in [0.15, 0.2) is 5.60 Å². The minimum absolute atomic E-state index is 0.231. The summed E-state index contributed by atoms with van der Waals surface area (Å²) in [5.41, 5.74) is -3.21. The normalized spacial score (nSPS) is 17.0. The fraction of sp³-hybridized carbons (Fsp3) is 0.520. The fourth-order valence-corrected chi connectivity index (χ4v) is 4.01. The van der Waals surface area contributed by atoms with Crippen molar-refractivity contribution >= 4 is 5.69 Å². The second-order valence-electron chi connectivity index (χ2n) is 9.01. The first-order valence-electron chi connectivity index (χ1n) is 11.6. The molecule has 0 aromatic heterocycles. The summed E-state index contributed by atoms with van der Waals surface area (Å²) in [6.07, 6.45) is -9.24. The lowest BCUT2D eigenvalue weighted by molar-refractivity contribution is -0.254. The van der Waals surface area contributed by atoms with E-state index in [4.69, 9.17) is 4.74 Å². The Balaban J connectivity index is 1.62. The van der Waals surface area contributed by atoms with Crippen LogP contribution in [0.2, 0.25) is 0 Å². The van der Waals surface area contributed by atoms with Crippen LogP contribution >= 0.6 is 0 Å². The zero-order valence-corrected chi connectivity index (χ0v) is 19.3. The quantitative estimate of drug-likeness (QED) is 0.317. The summed E-state index contributed by atoms with van der Waals surface area (Å²) < 4.78 is 102. The van der Waals surface area contributed by atoms with Crippen LogP contribution in [0.5, 0.6) is 11.5 Å². The van der Waals surface area contributed by atoms with Crippen LogP contribution in [0, 0.1) is 5.92 Å². The van der Waals surface area contributed by atoms with Crippen molar-refractivity contribution in [1.82, 2.24) is 0 Å². The lowest BCUT2D eigenvalue weighted by atomic mass is 9.90. The number of nitrogens with one attached hydrogen (secondary N) is 1. The largest absolute Gasteiger partial charge is 0.493 e. The molecule has 1 saturated carbocycles. The Hall–Kier alpha value is -2.69. The zero-order valence-electron chi connectivity index (χ0n) is 19.3. The van der Waals surface area contributed by atoms with E-state index < -0.39 is 43.0 Å². The van der Waals surface area contributed by atoms with Gasteiger partial charge in [0.2, 0.25) is 0 Å². The molecule has 0 bridgehead atoms. The maximum Gasteiger partial charge on any atom is 0.461 e. The number of hydrogen-bond acceptors (Lipinski definition) is 4. The molecular weight excluding hydrogens is 495 g/mol. The molecule has 0 aliphatic heterocycles. The summed E-state index contributed by atoms with van der Waals surface area (Å²) in [6.45, 7) is -0.371. The van der Waals surface area contributed by atoms with E-state index in [1.807, 2.05) is 0 Å². The molecule has 4 nitrogen and oxygen atoms in total. The van der Waals surface area contributed by atoms with Crippen molar-refractivity contribution in [1.29, 1.82) is 0 Å². The molecule has 1 aliphatic carbocycles. The number of hydrogen-bond donors (Lipinski definition) is 2. The highest BCUT2D eigenvalue weighted by Crippen LogP contribution is 2.35. The molecule has 0 amide bonds. The lowest BCUT2D eigenvalue weighted by Crippen LogP contribution is -2.52. The van der Waals surface area contributed by atoms with E-state index in [1.165, 1.54) is 31.4 Å². The van der Waals surface area contributed by atoms with Crippen LogP contribution in [0.4, 0.5) is 36.4 Å². The maximum atomic E-state index is 13.8. The Bertz CT molecular complexity index is 963. The van der Waals surface area contributed by atoms with Gasteiger partial charge >= 0.3 is 18.7 Å². The molecule has 1 fully saturated rings. The van der Waals surface area contributed by atoms with Crippen LogP contribution in [0.15, 0.2) is 48.5 Å². The third kappa shape index (κ3) is 7.65. The van der Waals surface area contributed by atoms with Gasteiger partial charge in [-0.3, -0.25) is 0 Å². The Labute approximate surface area is 204 Å². The number of rotatable bonds is 11. The Morgan fingerprint density at radius 2 is 1.58 bits per heavy atom. The van der Waals surface area contributed by atoms with E-state index in [2.05, 4.69) is 10.1 Å². The molecule has 2 aromatic rings. The Morgan fingerprint density at radius 1 is 0.917 bits per heavy atom. The second-order valence-corrected chi connectivity index (χ2v) is 9.01. The summed E-state index contributed by atoms with van der Waals surface area (Å²) in [4.78, 5) is 0. The van der Waals surface area contributed by atoms with E-state index >= 15 is 0 Å². The molecule has 3 rings (SSSR count). The molecule has 1 unspecified atom stereocenters. The average molecular weight is 523 g/mol. The fourth-order valence-electron chi connectivity index (χ4n) is 4.01. The smallest absolute Gasteiger partial charge is 0.461 e. The SMILES string of the molecule is OC(CNc1ccc(OCC2CCCCC2)cc1)(Cc1cccc(OC(F)(F)C(F)F)c1)C(F)(F)F. The molecule has 36 heavy (non-hydrogen) atoms. The Kier molecular flexibility index (Phi) is 8.97. The molecule has 0 saturated heterocycles. The standard InChI is InChI=1S/C25H28F7NO3/c26-22(27)24(28,29)36-21-8-4-7-18(13-21)14-23(34,25(30,31)32)16-33-19-9-11-20(12-10-19)35-15-17-5-2-1-3-6-17/h4,7-13,17,22,33-34H,1-3,5-6,14-16H2. The van der Waals surface area contributed by atoms with Gasteiger partial charge in [-0.25, -0.2) is 0 Å². The van der Waals surface area contributed by atoms with E-state index in [0.717, 1.165) is 37.1 Å². The topological polar surface area (TPSA) is 50.7 Å². The molecule has 2 aromatic carbocycles. The van der Waals surface area contributed by atoms with Gasteiger partial charge in [-0.2, -0.15) is 30.7 Å². The first-order valence-corrected chi connectivity index (χ1v) is 11.6. The molecule has 0 heterocycles. The molecule has 1 atom stereocenters. The first-order chi connectivity index (χ1) is 16.9. The van der Waals surface area contributed by atoms with Gasteiger partial charge in [0, 0.05) is 12.1 Å².